The molecule has 0 radical (unpaired) electrons. The van der Waals surface area contributed by atoms with Gasteiger partial charge in [0.05, 0.1) is 4.90 Å². The molecule has 3 N–H and O–H groups in total. The molecule has 0 bridgehead atoms. The van der Waals surface area contributed by atoms with Crippen molar-refractivity contribution in [3.05, 3.63) is 90.4 Å². The van der Waals surface area contributed by atoms with Gasteiger partial charge < -0.3 is 10.6 Å². The molecule has 0 saturated heterocycles. The number of rotatable bonds is 8. The summed E-state index contributed by atoms with van der Waals surface area (Å²) in [6.45, 7) is 3.41. The van der Waals surface area contributed by atoms with Crippen LogP contribution >= 0.6 is 0 Å². The Morgan fingerprint density at radius 2 is 1.38 bits per heavy atom. The molecule has 2 aromatic heterocycles. The van der Waals surface area contributed by atoms with Crippen molar-refractivity contribution in [1.29, 1.82) is 0 Å². The highest BCUT2D eigenvalue weighted by Gasteiger charge is 2.14. The molecule has 34 heavy (non-hydrogen) atoms. The number of ketones is 1. The van der Waals surface area contributed by atoms with Crippen molar-refractivity contribution in [3.63, 3.8) is 0 Å². The Balaban J connectivity index is 1.42. The fraction of sp³-hybridized carbons (Fsp3) is 0.0833. The smallest absolute Gasteiger partial charge is 0.261 e. The molecule has 0 amide bonds. The molecular weight excluding hydrogens is 452 g/mol. The number of aryl methyl sites for hydroxylation is 1. The fourth-order valence-corrected chi connectivity index (χ4v) is 4.14. The van der Waals surface area contributed by atoms with Gasteiger partial charge >= 0.3 is 0 Å². The quantitative estimate of drug-likeness (QED) is 0.315. The average Bonchev–Trinajstić information content (AvgIpc) is 2.80. The summed E-state index contributed by atoms with van der Waals surface area (Å²) < 4.78 is 27.8. The van der Waals surface area contributed by atoms with E-state index < -0.39 is 10.0 Å². The summed E-state index contributed by atoms with van der Waals surface area (Å²) in [7, 11) is -3.78. The molecule has 0 aliphatic carbocycles. The van der Waals surface area contributed by atoms with Gasteiger partial charge in [-0.3, -0.25) is 9.52 Å². The monoisotopic (exact) mass is 474 g/mol. The van der Waals surface area contributed by atoms with Gasteiger partial charge in [0.25, 0.3) is 10.0 Å². The topological polar surface area (TPSA) is 126 Å². The van der Waals surface area contributed by atoms with E-state index >= 15 is 0 Å². The number of pyridine rings is 1. The number of carbonyl (C=O) groups excluding carboxylic acids is 1. The van der Waals surface area contributed by atoms with Crippen LogP contribution in [0.1, 0.15) is 22.8 Å². The van der Waals surface area contributed by atoms with E-state index in [9.17, 15) is 13.2 Å². The van der Waals surface area contributed by atoms with Crippen molar-refractivity contribution in [3.8, 4) is 0 Å². The number of anilines is 5. The molecule has 0 aliphatic rings. The third kappa shape index (κ3) is 5.73. The lowest BCUT2D eigenvalue weighted by molar-refractivity contribution is 0.101. The first-order chi connectivity index (χ1) is 16.3. The highest BCUT2D eigenvalue weighted by Crippen LogP contribution is 2.22. The predicted octanol–water partition coefficient (Wildman–Crippen LogP) is 4.67. The predicted molar refractivity (Wildman–Crippen MR) is 131 cm³/mol. The summed E-state index contributed by atoms with van der Waals surface area (Å²) in [5.41, 5.74) is 2.64. The Morgan fingerprint density at radius 1 is 0.765 bits per heavy atom. The summed E-state index contributed by atoms with van der Waals surface area (Å²) in [5, 5.41) is 6.29. The van der Waals surface area contributed by atoms with E-state index in [0.717, 1.165) is 5.56 Å². The van der Waals surface area contributed by atoms with Gasteiger partial charge in [-0.2, -0.15) is 0 Å². The van der Waals surface area contributed by atoms with Gasteiger partial charge in [-0.15, -0.1) is 0 Å². The van der Waals surface area contributed by atoms with Gasteiger partial charge in [-0.25, -0.2) is 23.4 Å². The van der Waals surface area contributed by atoms with E-state index in [2.05, 4.69) is 30.3 Å². The first kappa shape index (κ1) is 22.9. The van der Waals surface area contributed by atoms with Crippen LogP contribution in [0.25, 0.3) is 0 Å². The van der Waals surface area contributed by atoms with E-state index in [1.165, 1.54) is 37.5 Å². The molecule has 4 aromatic rings. The van der Waals surface area contributed by atoms with Crippen LogP contribution in [-0.2, 0) is 10.0 Å². The van der Waals surface area contributed by atoms with Gasteiger partial charge in [0.15, 0.2) is 5.78 Å². The number of nitrogens with zero attached hydrogens (tertiary/aromatic N) is 3. The van der Waals surface area contributed by atoms with Gasteiger partial charge in [-0.05, 0) is 67.9 Å². The molecule has 172 valence electrons. The van der Waals surface area contributed by atoms with Crippen molar-refractivity contribution in [2.24, 2.45) is 0 Å². The molecule has 0 spiro atoms. The number of aromatic nitrogens is 3. The summed E-state index contributed by atoms with van der Waals surface area (Å²) in [4.78, 5) is 24.1. The molecular formula is C24H22N6O3S. The minimum absolute atomic E-state index is 0.0730. The number of benzene rings is 2. The van der Waals surface area contributed by atoms with Crippen molar-refractivity contribution >= 4 is 44.6 Å². The number of hydrogen-bond donors (Lipinski definition) is 3. The van der Waals surface area contributed by atoms with Crippen LogP contribution in [0.5, 0.6) is 0 Å². The summed E-state index contributed by atoms with van der Waals surface area (Å²) >= 11 is 0. The van der Waals surface area contributed by atoms with E-state index in [-0.39, 0.29) is 10.7 Å². The number of sulfonamides is 1. The second-order valence-electron chi connectivity index (χ2n) is 7.52. The van der Waals surface area contributed by atoms with Crippen molar-refractivity contribution < 1.29 is 13.2 Å². The number of carbonyl (C=O) groups is 1. The molecule has 0 unspecified atom stereocenters. The molecule has 9 nitrogen and oxygen atoms in total. The standard InChI is InChI=1S/C24H22N6O3S/c1-16-11-12-25-22(13-16)29-24-14-23(26-15-27-24)28-19-5-7-20(8-6-19)30-34(32,33)21-9-3-18(4-10-21)17(2)31/h3-15,30H,1-2H3,(H2,25,26,27,28,29). The Hall–Kier alpha value is -4.31. The van der Waals surface area contributed by atoms with E-state index in [1.807, 2.05) is 19.1 Å². The van der Waals surface area contributed by atoms with Crippen LogP contribution in [0.3, 0.4) is 0 Å². The molecule has 2 aromatic carbocycles. The normalized spacial score (nSPS) is 11.0. The second kappa shape index (κ2) is 9.67. The highest BCUT2D eigenvalue weighted by molar-refractivity contribution is 7.92. The Kier molecular flexibility index (Phi) is 6.51. The first-order valence-electron chi connectivity index (χ1n) is 10.3. The largest absolute Gasteiger partial charge is 0.340 e. The zero-order chi connectivity index (χ0) is 24.1. The molecule has 10 heteroatoms. The lowest BCUT2D eigenvalue weighted by Crippen LogP contribution is -2.13. The Bertz CT molecular complexity index is 1420. The Labute approximate surface area is 197 Å². The van der Waals surface area contributed by atoms with Crippen LogP contribution in [0.4, 0.5) is 28.8 Å². The molecule has 0 aliphatic heterocycles. The van der Waals surface area contributed by atoms with Gasteiger partial charge in [0, 0.05) is 29.2 Å². The average molecular weight is 475 g/mol. The number of nitrogens with one attached hydrogen (secondary N) is 3. The van der Waals surface area contributed by atoms with Crippen molar-refractivity contribution in [2.45, 2.75) is 18.7 Å². The molecule has 4 rings (SSSR count). The number of Topliss-reactive ketones (excluding diaryl/α,β-unsaturated/α-hetero) is 1. The van der Waals surface area contributed by atoms with Crippen LogP contribution in [0, 0.1) is 6.92 Å². The lowest BCUT2D eigenvalue weighted by Gasteiger charge is -2.11. The van der Waals surface area contributed by atoms with Gasteiger partial charge in [-0.1, -0.05) is 12.1 Å². The minimum Gasteiger partial charge on any atom is -0.340 e. The maximum absolute atomic E-state index is 12.6. The van der Waals surface area contributed by atoms with Gasteiger partial charge in [0.1, 0.15) is 23.8 Å². The molecule has 0 fully saturated rings. The Morgan fingerprint density at radius 3 is 2.03 bits per heavy atom. The molecule has 0 atom stereocenters. The fourth-order valence-electron chi connectivity index (χ4n) is 3.08. The van der Waals surface area contributed by atoms with Crippen LogP contribution in [0.2, 0.25) is 0 Å². The summed E-state index contributed by atoms with van der Waals surface area (Å²) in [6.07, 6.45) is 3.15. The second-order valence-corrected chi connectivity index (χ2v) is 9.20. The number of hydrogen-bond acceptors (Lipinski definition) is 8. The first-order valence-corrected chi connectivity index (χ1v) is 11.8. The van der Waals surface area contributed by atoms with E-state index in [0.29, 0.717) is 34.4 Å². The van der Waals surface area contributed by atoms with E-state index in [1.54, 1.807) is 36.5 Å². The van der Waals surface area contributed by atoms with Gasteiger partial charge in [0.2, 0.25) is 0 Å². The van der Waals surface area contributed by atoms with Crippen LogP contribution < -0.4 is 15.4 Å². The third-order valence-electron chi connectivity index (χ3n) is 4.82. The van der Waals surface area contributed by atoms with Crippen molar-refractivity contribution in [1.82, 2.24) is 15.0 Å². The van der Waals surface area contributed by atoms with E-state index in [4.69, 9.17) is 0 Å². The zero-order valence-corrected chi connectivity index (χ0v) is 19.3. The summed E-state index contributed by atoms with van der Waals surface area (Å²) in [6, 6.07) is 18.1. The maximum Gasteiger partial charge on any atom is 0.261 e. The SMILES string of the molecule is CC(=O)c1ccc(S(=O)(=O)Nc2ccc(Nc3cc(Nc4cc(C)ccn4)ncn3)cc2)cc1. The third-order valence-corrected chi connectivity index (χ3v) is 6.22. The van der Waals surface area contributed by atoms with Crippen LogP contribution in [0.15, 0.2) is 84.1 Å². The highest BCUT2D eigenvalue weighted by atomic mass is 32.2. The zero-order valence-electron chi connectivity index (χ0n) is 18.5. The van der Waals surface area contributed by atoms with Crippen molar-refractivity contribution in [2.75, 3.05) is 15.4 Å². The minimum atomic E-state index is -3.78. The maximum atomic E-state index is 12.6. The molecule has 2 heterocycles. The molecule has 0 saturated carbocycles. The lowest BCUT2D eigenvalue weighted by atomic mass is 10.2. The summed E-state index contributed by atoms with van der Waals surface area (Å²) in [5.74, 6) is 1.69. The van der Waals surface area contributed by atoms with Crippen LogP contribution in [-0.4, -0.2) is 29.2 Å².